The molecule has 102 valence electrons. The van der Waals surface area contributed by atoms with E-state index in [1.807, 2.05) is 0 Å². The number of nitrogens with one attached hydrogen (secondary N) is 1. The van der Waals surface area contributed by atoms with Crippen LogP contribution in [0.5, 0.6) is 0 Å². The van der Waals surface area contributed by atoms with Crippen LogP contribution in [0.4, 0.5) is 4.39 Å². The molecule has 3 heteroatoms. The summed E-state index contributed by atoms with van der Waals surface area (Å²) in [6, 6.07) is 4.79. The molecule has 0 spiro atoms. The third kappa shape index (κ3) is 4.95. The Hall–Kier alpha value is -0.600. The normalized spacial score (nSPS) is 13.0. The van der Waals surface area contributed by atoms with Crippen molar-refractivity contribution in [3.05, 3.63) is 34.6 Å². The first kappa shape index (κ1) is 15.5. The highest BCUT2D eigenvalue weighted by Gasteiger charge is 2.16. The van der Waals surface area contributed by atoms with Crippen LogP contribution in [0.2, 0.25) is 5.02 Å². The third-order valence-corrected chi connectivity index (χ3v) is 3.50. The second-order valence-electron chi connectivity index (χ2n) is 5.15. The molecule has 1 aromatic carbocycles. The molecule has 0 saturated heterocycles. The lowest BCUT2D eigenvalue weighted by molar-refractivity contribution is 0.357. The van der Waals surface area contributed by atoms with Crippen molar-refractivity contribution < 1.29 is 4.39 Å². The number of halogens is 2. The Bertz CT molecular complexity index is 366. The molecule has 0 amide bonds. The van der Waals surface area contributed by atoms with Gasteiger partial charge in [-0.3, -0.25) is 0 Å². The summed E-state index contributed by atoms with van der Waals surface area (Å²) in [4.78, 5) is 0. The Morgan fingerprint density at radius 3 is 2.67 bits per heavy atom. The van der Waals surface area contributed by atoms with Gasteiger partial charge >= 0.3 is 0 Å². The van der Waals surface area contributed by atoms with Gasteiger partial charge in [0.2, 0.25) is 0 Å². The highest BCUT2D eigenvalue weighted by Crippen LogP contribution is 2.21. The molecule has 0 saturated carbocycles. The summed E-state index contributed by atoms with van der Waals surface area (Å²) >= 11 is 5.92. The van der Waals surface area contributed by atoms with E-state index < -0.39 is 0 Å². The van der Waals surface area contributed by atoms with E-state index >= 15 is 0 Å². The van der Waals surface area contributed by atoms with E-state index in [9.17, 15) is 4.39 Å². The Morgan fingerprint density at radius 2 is 2.06 bits per heavy atom. The fourth-order valence-electron chi connectivity index (χ4n) is 1.99. The van der Waals surface area contributed by atoms with Gasteiger partial charge in [0, 0.05) is 5.02 Å². The first-order valence-electron chi connectivity index (χ1n) is 6.69. The van der Waals surface area contributed by atoms with Gasteiger partial charge in [0.15, 0.2) is 0 Å². The SMILES string of the molecule is CCCNCC(Cc1cc(Cl)ccc1F)C(C)C. The largest absolute Gasteiger partial charge is 0.316 e. The summed E-state index contributed by atoms with van der Waals surface area (Å²) in [5.74, 6) is 0.804. The van der Waals surface area contributed by atoms with E-state index in [4.69, 9.17) is 11.6 Å². The molecular formula is C15H23ClFN. The topological polar surface area (TPSA) is 12.0 Å². The molecule has 0 aliphatic heterocycles. The minimum atomic E-state index is -0.152. The van der Waals surface area contributed by atoms with Gasteiger partial charge in [-0.05, 0) is 61.5 Å². The molecule has 18 heavy (non-hydrogen) atoms. The van der Waals surface area contributed by atoms with Crippen molar-refractivity contribution in [2.24, 2.45) is 11.8 Å². The van der Waals surface area contributed by atoms with Crippen molar-refractivity contribution in [1.29, 1.82) is 0 Å². The van der Waals surface area contributed by atoms with Gasteiger partial charge in [0.05, 0.1) is 0 Å². The van der Waals surface area contributed by atoms with Crippen LogP contribution in [0.3, 0.4) is 0 Å². The Kier molecular flexibility index (Phi) is 6.66. The Balaban J connectivity index is 2.67. The van der Waals surface area contributed by atoms with Gasteiger partial charge in [0.25, 0.3) is 0 Å². The van der Waals surface area contributed by atoms with Crippen LogP contribution in [-0.4, -0.2) is 13.1 Å². The van der Waals surface area contributed by atoms with Crippen molar-refractivity contribution in [3.8, 4) is 0 Å². The smallest absolute Gasteiger partial charge is 0.126 e. The van der Waals surface area contributed by atoms with Crippen molar-refractivity contribution in [1.82, 2.24) is 5.32 Å². The molecule has 1 N–H and O–H groups in total. The predicted molar refractivity (Wildman–Crippen MR) is 76.6 cm³/mol. The summed E-state index contributed by atoms with van der Waals surface area (Å²) in [5, 5.41) is 4.02. The summed E-state index contributed by atoms with van der Waals surface area (Å²) in [5.41, 5.74) is 0.722. The monoisotopic (exact) mass is 271 g/mol. The second kappa shape index (κ2) is 7.75. The van der Waals surface area contributed by atoms with E-state index in [-0.39, 0.29) is 5.82 Å². The van der Waals surface area contributed by atoms with Gasteiger partial charge in [-0.15, -0.1) is 0 Å². The maximum Gasteiger partial charge on any atom is 0.126 e. The van der Waals surface area contributed by atoms with E-state index in [0.717, 1.165) is 31.5 Å². The minimum Gasteiger partial charge on any atom is -0.316 e. The second-order valence-corrected chi connectivity index (χ2v) is 5.58. The zero-order valence-corrected chi connectivity index (χ0v) is 12.2. The molecule has 1 atom stereocenters. The summed E-state index contributed by atoms with van der Waals surface area (Å²) in [6.07, 6.45) is 1.86. The van der Waals surface area contributed by atoms with Crippen LogP contribution in [-0.2, 0) is 6.42 Å². The average molecular weight is 272 g/mol. The molecule has 0 aromatic heterocycles. The van der Waals surface area contributed by atoms with Gasteiger partial charge in [-0.2, -0.15) is 0 Å². The van der Waals surface area contributed by atoms with Crippen molar-refractivity contribution in [2.75, 3.05) is 13.1 Å². The molecule has 0 aliphatic rings. The first-order chi connectivity index (χ1) is 8.54. The number of hydrogen-bond donors (Lipinski definition) is 1. The van der Waals surface area contributed by atoms with Crippen LogP contribution in [0.1, 0.15) is 32.8 Å². The molecule has 0 radical (unpaired) electrons. The van der Waals surface area contributed by atoms with E-state index in [2.05, 4.69) is 26.1 Å². The van der Waals surface area contributed by atoms with Crippen molar-refractivity contribution in [2.45, 2.75) is 33.6 Å². The molecule has 1 nitrogen and oxygen atoms in total. The van der Waals surface area contributed by atoms with Crippen molar-refractivity contribution in [3.63, 3.8) is 0 Å². The number of rotatable bonds is 7. The molecule has 0 heterocycles. The number of hydrogen-bond acceptors (Lipinski definition) is 1. The van der Waals surface area contributed by atoms with Crippen LogP contribution >= 0.6 is 11.6 Å². The average Bonchev–Trinajstić information content (AvgIpc) is 2.32. The Labute approximate surface area is 115 Å². The van der Waals surface area contributed by atoms with Crippen LogP contribution in [0.25, 0.3) is 0 Å². The molecule has 1 unspecified atom stereocenters. The van der Waals surface area contributed by atoms with Crippen LogP contribution in [0, 0.1) is 17.7 Å². The molecule has 0 fully saturated rings. The highest BCUT2D eigenvalue weighted by molar-refractivity contribution is 6.30. The van der Waals surface area contributed by atoms with Gasteiger partial charge in [-0.25, -0.2) is 4.39 Å². The number of benzene rings is 1. The maximum atomic E-state index is 13.7. The van der Waals surface area contributed by atoms with E-state index in [1.54, 1.807) is 12.1 Å². The highest BCUT2D eigenvalue weighted by atomic mass is 35.5. The van der Waals surface area contributed by atoms with Crippen LogP contribution < -0.4 is 5.32 Å². The fourth-order valence-corrected chi connectivity index (χ4v) is 2.18. The van der Waals surface area contributed by atoms with Gasteiger partial charge < -0.3 is 5.32 Å². The van der Waals surface area contributed by atoms with Crippen molar-refractivity contribution >= 4 is 11.6 Å². The summed E-state index contributed by atoms with van der Waals surface area (Å²) < 4.78 is 13.7. The lowest BCUT2D eigenvalue weighted by atomic mass is 9.89. The van der Waals surface area contributed by atoms with E-state index in [0.29, 0.717) is 16.9 Å². The first-order valence-corrected chi connectivity index (χ1v) is 7.07. The lowest BCUT2D eigenvalue weighted by Gasteiger charge is -2.22. The standard InChI is InChI=1S/C15H23ClFN/c1-4-7-18-10-13(11(2)3)8-12-9-14(16)5-6-15(12)17/h5-6,9,11,13,18H,4,7-8,10H2,1-3H3. The molecular weight excluding hydrogens is 249 g/mol. The molecule has 1 rings (SSSR count). The zero-order chi connectivity index (χ0) is 13.5. The Morgan fingerprint density at radius 1 is 1.33 bits per heavy atom. The zero-order valence-electron chi connectivity index (χ0n) is 11.5. The minimum absolute atomic E-state index is 0.152. The molecule has 0 aliphatic carbocycles. The van der Waals surface area contributed by atoms with Gasteiger partial charge in [0.1, 0.15) is 5.82 Å². The predicted octanol–water partition coefficient (Wildman–Crippen LogP) is 4.29. The molecule has 1 aromatic rings. The van der Waals surface area contributed by atoms with E-state index in [1.165, 1.54) is 6.07 Å². The lowest BCUT2D eigenvalue weighted by Crippen LogP contribution is -2.28. The maximum absolute atomic E-state index is 13.7. The fraction of sp³-hybridized carbons (Fsp3) is 0.600. The van der Waals surface area contributed by atoms with Gasteiger partial charge in [-0.1, -0.05) is 32.4 Å². The summed E-state index contributed by atoms with van der Waals surface area (Å²) in [6.45, 7) is 8.45. The quantitative estimate of drug-likeness (QED) is 0.730. The molecule has 0 bridgehead atoms. The third-order valence-electron chi connectivity index (χ3n) is 3.27. The van der Waals surface area contributed by atoms with Crippen LogP contribution in [0.15, 0.2) is 18.2 Å². The summed E-state index contributed by atoms with van der Waals surface area (Å²) in [7, 11) is 0.